The highest BCUT2D eigenvalue weighted by Gasteiger charge is 2.35. The second-order valence-electron chi connectivity index (χ2n) is 10.1. The molecule has 1 aliphatic carbocycles. The number of rotatable bonds is 9. The van der Waals surface area contributed by atoms with Crippen LogP contribution in [-0.2, 0) is 13.1 Å². The Hall–Kier alpha value is -4.54. The van der Waals surface area contributed by atoms with Gasteiger partial charge in [-0.25, -0.2) is 9.78 Å². The van der Waals surface area contributed by atoms with Crippen molar-refractivity contribution in [3.63, 3.8) is 0 Å². The third-order valence-corrected chi connectivity index (χ3v) is 7.38. The van der Waals surface area contributed by atoms with Crippen LogP contribution in [0.3, 0.4) is 0 Å². The highest BCUT2D eigenvalue weighted by molar-refractivity contribution is 6.03. The van der Waals surface area contributed by atoms with Crippen LogP contribution in [0, 0.1) is 6.92 Å². The van der Waals surface area contributed by atoms with Gasteiger partial charge in [0.1, 0.15) is 22.9 Å². The molecule has 0 radical (unpaired) electrons. The van der Waals surface area contributed by atoms with Gasteiger partial charge in [0.15, 0.2) is 0 Å². The monoisotopic (exact) mass is 546 g/mol. The van der Waals surface area contributed by atoms with Crippen LogP contribution in [0.5, 0.6) is 11.5 Å². The minimum Gasteiger partial charge on any atom is -0.497 e. The molecule has 11 nitrogen and oxygen atoms in total. The summed E-state index contributed by atoms with van der Waals surface area (Å²) in [6, 6.07) is 12.9. The van der Waals surface area contributed by atoms with Gasteiger partial charge in [0.05, 0.1) is 39.0 Å². The first-order valence-corrected chi connectivity index (χ1v) is 13.4. The van der Waals surface area contributed by atoms with Crippen molar-refractivity contribution < 1.29 is 24.2 Å². The van der Waals surface area contributed by atoms with Crippen LogP contribution in [-0.4, -0.2) is 58.3 Å². The number of aromatic nitrogens is 2. The lowest BCUT2D eigenvalue weighted by atomic mass is 9.90. The van der Waals surface area contributed by atoms with Crippen LogP contribution >= 0.6 is 0 Å². The SMILES string of the molecule is COc1ccc(CN2Cc3nc(N[C@@H]4CCCC[C@@H]4NC(=O)O)nc(Nc4ccc(C)cc4)c3C2=O)c(OC)c1. The molecule has 1 aliphatic heterocycles. The summed E-state index contributed by atoms with van der Waals surface area (Å²) >= 11 is 0. The predicted octanol–water partition coefficient (Wildman–Crippen LogP) is 4.69. The molecule has 0 saturated heterocycles. The summed E-state index contributed by atoms with van der Waals surface area (Å²) in [5, 5.41) is 18.6. The van der Waals surface area contributed by atoms with Crippen LogP contribution in [0.4, 0.5) is 22.2 Å². The molecule has 0 spiro atoms. The molecule has 0 unspecified atom stereocenters. The molecule has 2 amide bonds. The van der Waals surface area contributed by atoms with Gasteiger partial charge in [0, 0.05) is 23.4 Å². The number of carbonyl (C=O) groups excluding carboxylic acids is 1. The molecule has 11 heteroatoms. The van der Waals surface area contributed by atoms with Gasteiger partial charge < -0.3 is 35.4 Å². The predicted molar refractivity (Wildman–Crippen MR) is 150 cm³/mol. The van der Waals surface area contributed by atoms with Crippen molar-refractivity contribution in [2.24, 2.45) is 0 Å². The zero-order valence-electron chi connectivity index (χ0n) is 22.9. The second-order valence-corrected chi connectivity index (χ2v) is 10.1. The lowest BCUT2D eigenvalue weighted by Crippen LogP contribution is -2.48. The summed E-state index contributed by atoms with van der Waals surface area (Å²) in [6.07, 6.45) is 2.40. The maximum absolute atomic E-state index is 13.7. The number of anilines is 3. The highest BCUT2D eigenvalue weighted by atomic mass is 16.5. The average molecular weight is 547 g/mol. The third kappa shape index (κ3) is 5.88. The molecule has 4 N–H and O–H groups in total. The highest BCUT2D eigenvalue weighted by Crippen LogP contribution is 2.34. The van der Waals surface area contributed by atoms with E-state index < -0.39 is 6.09 Å². The molecule has 0 bridgehead atoms. The molecule has 2 aliphatic rings. The second kappa shape index (κ2) is 11.7. The Bertz CT molecular complexity index is 1400. The van der Waals surface area contributed by atoms with Crippen molar-refractivity contribution in [1.29, 1.82) is 0 Å². The topological polar surface area (TPSA) is 138 Å². The first-order valence-electron chi connectivity index (χ1n) is 13.4. The van der Waals surface area contributed by atoms with E-state index in [0.29, 0.717) is 47.6 Å². The molecular formula is C29H34N6O5. The van der Waals surface area contributed by atoms with Gasteiger partial charge in [-0.1, -0.05) is 30.5 Å². The van der Waals surface area contributed by atoms with Crippen molar-refractivity contribution >= 4 is 29.5 Å². The Morgan fingerprint density at radius 2 is 1.80 bits per heavy atom. The number of amides is 2. The fraction of sp³-hybridized carbons (Fsp3) is 0.379. The Morgan fingerprint density at radius 1 is 1.05 bits per heavy atom. The van der Waals surface area contributed by atoms with E-state index in [2.05, 4.69) is 16.0 Å². The standard InChI is InChI=1S/C29H34N6O5/c1-17-8-11-19(12-9-17)30-26-25-23(32-28(34-26)31-21-6-4-5-7-22(21)33-29(37)38)16-35(27(25)36)15-18-10-13-20(39-2)14-24(18)40-3/h8-14,21-22,33H,4-7,15-16H2,1-3H3,(H,37,38)(H2,30,31,32,34)/t21-,22+/m1/s1. The van der Waals surface area contributed by atoms with E-state index in [1.54, 1.807) is 25.2 Å². The van der Waals surface area contributed by atoms with Gasteiger partial charge in [-0.3, -0.25) is 4.79 Å². The van der Waals surface area contributed by atoms with Gasteiger partial charge >= 0.3 is 6.09 Å². The summed E-state index contributed by atoms with van der Waals surface area (Å²) in [4.78, 5) is 36.2. The number of benzene rings is 2. The molecule has 1 aromatic heterocycles. The number of fused-ring (bicyclic) bond motifs is 1. The normalized spacial score (nSPS) is 18.2. The van der Waals surface area contributed by atoms with E-state index in [4.69, 9.17) is 19.4 Å². The van der Waals surface area contributed by atoms with Gasteiger partial charge in [-0.15, -0.1) is 0 Å². The molecule has 5 rings (SSSR count). The van der Waals surface area contributed by atoms with E-state index in [0.717, 1.165) is 42.5 Å². The summed E-state index contributed by atoms with van der Waals surface area (Å²) in [5.74, 6) is 1.88. The third-order valence-electron chi connectivity index (χ3n) is 7.38. The molecule has 40 heavy (non-hydrogen) atoms. The minimum atomic E-state index is -1.05. The van der Waals surface area contributed by atoms with Crippen LogP contribution < -0.4 is 25.4 Å². The molecule has 2 atom stereocenters. The van der Waals surface area contributed by atoms with E-state index >= 15 is 0 Å². The first kappa shape index (κ1) is 27.0. The van der Waals surface area contributed by atoms with Gasteiger partial charge in [0.25, 0.3) is 5.91 Å². The van der Waals surface area contributed by atoms with E-state index in [1.807, 2.05) is 43.3 Å². The maximum Gasteiger partial charge on any atom is 0.404 e. The number of ether oxygens (including phenoxy) is 2. The van der Waals surface area contributed by atoms with E-state index in [-0.39, 0.29) is 18.0 Å². The van der Waals surface area contributed by atoms with E-state index in [1.165, 1.54) is 0 Å². The quantitative estimate of drug-likeness (QED) is 0.301. The summed E-state index contributed by atoms with van der Waals surface area (Å²) in [7, 11) is 3.18. The lowest BCUT2D eigenvalue weighted by Gasteiger charge is -2.32. The molecular weight excluding hydrogens is 512 g/mol. The first-order chi connectivity index (χ1) is 19.3. The number of hydrogen-bond acceptors (Lipinski definition) is 8. The van der Waals surface area contributed by atoms with E-state index in [9.17, 15) is 14.7 Å². The number of hydrogen-bond donors (Lipinski definition) is 4. The number of nitrogens with one attached hydrogen (secondary N) is 3. The van der Waals surface area contributed by atoms with Gasteiger partial charge in [-0.05, 0) is 44.0 Å². The van der Waals surface area contributed by atoms with Crippen LogP contribution in [0.1, 0.15) is 52.9 Å². The molecule has 2 heterocycles. The number of carboxylic acid groups (broad SMARTS) is 1. The minimum absolute atomic E-state index is 0.160. The zero-order valence-corrected chi connectivity index (χ0v) is 22.9. The Balaban J connectivity index is 1.46. The fourth-order valence-electron chi connectivity index (χ4n) is 5.30. The molecule has 1 saturated carbocycles. The van der Waals surface area contributed by atoms with Gasteiger partial charge in [-0.2, -0.15) is 4.98 Å². The number of methoxy groups -OCH3 is 2. The number of aryl methyl sites for hydroxylation is 1. The summed E-state index contributed by atoms with van der Waals surface area (Å²) in [5.41, 5.74) is 3.77. The van der Waals surface area contributed by atoms with Crippen molar-refractivity contribution in [2.45, 2.75) is 57.8 Å². The van der Waals surface area contributed by atoms with Crippen LogP contribution in [0.25, 0.3) is 0 Å². The largest absolute Gasteiger partial charge is 0.497 e. The zero-order chi connectivity index (χ0) is 28.2. The molecule has 2 aromatic carbocycles. The number of nitrogens with zero attached hydrogens (tertiary/aromatic N) is 3. The molecule has 1 fully saturated rings. The van der Waals surface area contributed by atoms with Crippen LogP contribution in [0.2, 0.25) is 0 Å². The molecule has 210 valence electrons. The van der Waals surface area contributed by atoms with Gasteiger partial charge in [0.2, 0.25) is 5.95 Å². The van der Waals surface area contributed by atoms with Crippen molar-refractivity contribution in [1.82, 2.24) is 20.2 Å². The van der Waals surface area contributed by atoms with Crippen molar-refractivity contribution in [3.8, 4) is 11.5 Å². The summed E-state index contributed by atoms with van der Waals surface area (Å²) in [6.45, 7) is 2.63. The number of carbonyl (C=O) groups is 2. The fourth-order valence-corrected chi connectivity index (χ4v) is 5.30. The lowest BCUT2D eigenvalue weighted by molar-refractivity contribution is 0.0765. The van der Waals surface area contributed by atoms with Crippen LogP contribution in [0.15, 0.2) is 42.5 Å². The average Bonchev–Trinajstić information content (AvgIpc) is 3.25. The Labute approximate surface area is 232 Å². The van der Waals surface area contributed by atoms with Crippen molar-refractivity contribution in [3.05, 3.63) is 64.8 Å². The molecule has 3 aromatic rings. The smallest absolute Gasteiger partial charge is 0.404 e. The van der Waals surface area contributed by atoms with Crippen molar-refractivity contribution in [2.75, 3.05) is 24.9 Å². The Kier molecular flexibility index (Phi) is 7.90. The summed E-state index contributed by atoms with van der Waals surface area (Å²) < 4.78 is 10.9. The Morgan fingerprint density at radius 3 is 2.50 bits per heavy atom. The maximum atomic E-state index is 13.7.